The third kappa shape index (κ3) is 4.61. The van der Waals surface area contributed by atoms with E-state index in [0.29, 0.717) is 23.9 Å². The van der Waals surface area contributed by atoms with E-state index in [1.165, 1.54) is 38.5 Å². The Balaban J connectivity index is 1.55. The van der Waals surface area contributed by atoms with Gasteiger partial charge in [-0.3, -0.25) is 9.59 Å². The van der Waals surface area contributed by atoms with Crippen LogP contribution in [0.25, 0.3) is 0 Å². The number of hydrogen-bond acceptors (Lipinski definition) is 2. The molecule has 26 heavy (non-hydrogen) atoms. The molecule has 0 bridgehead atoms. The van der Waals surface area contributed by atoms with Gasteiger partial charge in [0, 0.05) is 38.0 Å². The maximum Gasteiger partial charge on any atom is 0.225 e. The molecule has 0 N–H and O–H groups in total. The van der Waals surface area contributed by atoms with Crippen molar-refractivity contribution in [1.29, 1.82) is 0 Å². The lowest BCUT2D eigenvalue weighted by Gasteiger charge is -2.41. The van der Waals surface area contributed by atoms with Gasteiger partial charge in [-0.25, -0.2) is 0 Å². The van der Waals surface area contributed by atoms with E-state index in [1.807, 2.05) is 23.9 Å². The zero-order valence-electron chi connectivity index (χ0n) is 16.9. The molecule has 2 atom stereocenters. The van der Waals surface area contributed by atoms with Gasteiger partial charge in [0.25, 0.3) is 0 Å². The Morgan fingerprint density at radius 2 is 0.962 bits per heavy atom. The molecule has 3 rings (SSSR count). The Morgan fingerprint density at radius 3 is 1.35 bits per heavy atom. The van der Waals surface area contributed by atoms with Gasteiger partial charge in [-0.2, -0.15) is 0 Å². The van der Waals surface area contributed by atoms with Gasteiger partial charge in [0.05, 0.1) is 0 Å². The highest BCUT2D eigenvalue weighted by Gasteiger charge is 2.35. The first-order valence-electron chi connectivity index (χ1n) is 11.1. The molecule has 2 amide bonds. The molecule has 3 aliphatic carbocycles. The van der Waals surface area contributed by atoms with Crippen LogP contribution < -0.4 is 0 Å². The lowest BCUT2D eigenvalue weighted by atomic mass is 9.84. The molecule has 0 aliphatic heterocycles. The fourth-order valence-electron chi connectivity index (χ4n) is 5.48. The molecule has 0 aromatic rings. The van der Waals surface area contributed by atoms with E-state index in [0.717, 1.165) is 51.4 Å². The van der Waals surface area contributed by atoms with Gasteiger partial charge in [0.1, 0.15) is 0 Å². The van der Waals surface area contributed by atoms with E-state index in [-0.39, 0.29) is 11.8 Å². The Hall–Kier alpha value is -1.06. The molecular formula is C22H38N2O2. The Labute approximate surface area is 159 Å². The maximum absolute atomic E-state index is 12.9. The van der Waals surface area contributed by atoms with Crippen molar-refractivity contribution in [3.8, 4) is 0 Å². The summed E-state index contributed by atoms with van der Waals surface area (Å²) < 4.78 is 0. The topological polar surface area (TPSA) is 40.6 Å². The van der Waals surface area contributed by atoms with Crippen molar-refractivity contribution in [2.45, 2.75) is 102 Å². The van der Waals surface area contributed by atoms with Crippen molar-refractivity contribution in [3.05, 3.63) is 0 Å². The Morgan fingerprint density at radius 1 is 0.577 bits per heavy atom. The van der Waals surface area contributed by atoms with Gasteiger partial charge >= 0.3 is 0 Å². The van der Waals surface area contributed by atoms with Crippen LogP contribution >= 0.6 is 0 Å². The van der Waals surface area contributed by atoms with Crippen LogP contribution in [0.15, 0.2) is 0 Å². The lowest BCUT2D eigenvalue weighted by molar-refractivity contribution is -0.140. The second-order valence-corrected chi connectivity index (χ2v) is 9.04. The van der Waals surface area contributed by atoms with Gasteiger partial charge < -0.3 is 9.80 Å². The summed E-state index contributed by atoms with van der Waals surface area (Å²) in [5.74, 6) is 1.21. The van der Waals surface area contributed by atoms with Gasteiger partial charge in [-0.05, 0) is 51.4 Å². The summed E-state index contributed by atoms with van der Waals surface area (Å²) in [6.07, 6.45) is 15.9. The maximum atomic E-state index is 12.9. The fourth-order valence-corrected chi connectivity index (χ4v) is 5.48. The minimum atomic E-state index is 0.246. The summed E-state index contributed by atoms with van der Waals surface area (Å²) in [5.41, 5.74) is 0. The lowest BCUT2D eigenvalue weighted by Crippen LogP contribution is -2.49. The fraction of sp³-hybridized carbons (Fsp3) is 0.909. The summed E-state index contributed by atoms with van der Waals surface area (Å²) in [7, 11) is 4.01. The minimum Gasteiger partial charge on any atom is -0.342 e. The third-order valence-corrected chi connectivity index (χ3v) is 7.32. The molecule has 4 nitrogen and oxygen atoms in total. The first kappa shape index (κ1) is 19.7. The Bertz CT molecular complexity index is 439. The molecule has 148 valence electrons. The molecule has 0 radical (unpaired) electrons. The number of nitrogens with zero attached hydrogens (tertiary/aromatic N) is 2. The van der Waals surface area contributed by atoms with Gasteiger partial charge in [0.15, 0.2) is 0 Å². The monoisotopic (exact) mass is 362 g/mol. The van der Waals surface area contributed by atoms with Crippen molar-refractivity contribution >= 4 is 11.8 Å². The number of carbonyl (C=O) groups is 2. The van der Waals surface area contributed by atoms with Crippen molar-refractivity contribution in [3.63, 3.8) is 0 Å². The van der Waals surface area contributed by atoms with Crippen LogP contribution in [0.4, 0.5) is 0 Å². The summed E-state index contributed by atoms with van der Waals surface area (Å²) in [4.78, 5) is 29.9. The zero-order chi connectivity index (χ0) is 18.5. The summed E-state index contributed by atoms with van der Waals surface area (Å²) in [5, 5.41) is 0. The average molecular weight is 363 g/mol. The third-order valence-electron chi connectivity index (χ3n) is 7.32. The van der Waals surface area contributed by atoms with E-state index in [9.17, 15) is 9.59 Å². The highest BCUT2D eigenvalue weighted by molar-refractivity contribution is 5.79. The zero-order valence-corrected chi connectivity index (χ0v) is 16.9. The quantitative estimate of drug-likeness (QED) is 0.745. The highest BCUT2D eigenvalue weighted by atomic mass is 16.2. The smallest absolute Gasteiger partial charge is 0.225 e. The molecule has 0 heterocycles. The molecule has 0 spiro atoms. The molecule has 4 heteroatoms. The number of rotatable bonds is 4. The molecule has 0 aromatic heterocycles. The van der Waals surface area contributed by atoms with Crippen molar-refractivity contribution in [2.24, 2.45) is 11.8 Å². The largest absolute Gasteiger partial charge is 0.342 e. The molecule has 3 saturated carbocycles. The molecule has 0 aromatic carbocycles. The number of carbonyl (C=O) groups excluding carboxylic acids is 2. The first-order valence-corrected chi connectivity index (χ1v) is 11.1. The average Bonchev–Trinajstić information content (AvgIpc) is 2.73. The second-order valence-electron chi connectivity index (χ2n) is 9.04. The van der Waals surface area contributed by atoms with Crippen molar-refractivity contribution in [2.75, 3.05) is 14.1 Å². The van der Waals surface area contributed by atoms with Gasteiger partial charge in [-0.1, -0.05) is 38.5 Å². The predicted molar refractivity (Wildman–Crippen MR) is 105 cm³/mol. The molecule has 0 saturated heterocycles. The van der Waals surface area contributed by atoms with E-state index in [1.54, 1.807) is 0 Å². The molecule has 3 fully saturated rings. The number of amides is 2. The Kier molecular flexibility index (Phi) is 6.99. The van der Waals surface area contributed by atoms with Crippen LogP contribution in [0.1, 0.15) is 89.9 Å². The van der Waals surface area contributed by atoms with Crippen molar-refractivity contribution < 1.29 is 9.59 Å². The van der Waals surface area contributed by atoms with Gasteiger partial charge in [0.2, 0.25) is 11.8 Å². The van der Waals surface area contributed by atoms with Crippen LogP contribution in [0.3, 0.4) is 0 Å². The molecule has 2 unspecified atom stereocenters. The van der Waals surface area contributed by atoms with E-state index in [4.69, 9.17) is 0 Å². The normalized spacial score (nSPS) is 28.5. The second kappa shape index (κ2) is 9.23. The van der Waals surface area contributed by atoms with Crippen LogP contribution in [-0.2, 0) is 9.59 Å². The molecule has 3 aliphatic rings. The van der Waals surface area contributed by atoms with E-state index < -0.39 is 0 Å². The summed E-state index contributed by atoms with van der Waals surface area (Å²) in [6, 6.07) is 0.620. The van der Waals surface area contributed by atoms with Crippen molar-refractivity contribution in [1.82, 2.24) is 9.80 Å². The standard InChI is InChI=1S/C22H38N2O2/c1-23(21(25)17-10-5-3-6-11-17)19-14-9-15-20(16-19)24(2)22(26)18-12-7-4-8-13-18/h17-20H,3-16H2,1-2H3. The van der Waals surface area contributed by atoms with Crippen LogP contribution in [0.5, 0.6) is 0 Å². The van der Waals surface area contributed by atoms with Gasteiger partial charge in [-0.15, -0.1) is 0 Å². The first-order chi connectivity index (χ1) is 12.6. The van der Waals surface area contributed by atoms with Crippen LogP contribution in [-0.4, -0.2) is 47.8 Å². The van der Waals surface area contributed by atoms with E-state index in [2.05, 4.69) is 0 Å². The SMILES string of the molecule is CN(C(=O)C1CCCCC1)C1CCCC(N(C)C(=O)C2CCCCC2)C1. The van der Waals surface area contributed by atoms with Crippen LogP contribution in [0.2, 0.25) is 0 Å². The minimum absolute atomic E-state index is 0.246. The van der Waals surface area contributed by atoms with Crippen LogP contribution in [0, 0.1) is 11.8 Å². The highest BCUT2D eigenvalue weighted by Crippen LogP contribution is 2.32. The van der Waals surface area contributed by atoms with E-state index >= 15 is 0 Å². The molecular weight excluding hydrogens is 324 g/mol. The summed E-state index contributed by atoms with van der Waals surface area (Å²) >= 11 is 0. The predicted octanol–water partition coefficient (Wildman–Crippen LogP) is 4.38. The summed E-state index contributed by atoms with van der Waals surface area (Å²) in [6.45, 7) is 0. The number of hydrogen-bond donors (Lipinski definition) is 0.